The lowest BCUT2D eigenvalue weighted by atomic mass is 9.85. The number of imide groups is 1. The summed E-state index contributed by atoms with van der Waals surface area (Å²) >= 11 is 0. The van der Waals surface area contributed by atoms with E-state index < -0.39 is 5.23 Å². The third-order valence-corrected chi connectivity index (χ3v) is 4.82. The van der Waals surface area contributed by atoms with Crippen LogP contribution in [0, 0.1) is 28.9 Å². The molecule has 21 heavy (non-hydrogen) atoms. The van der Waals surface area contributed by atoms with Gasteiger partial charge in [0.25, 0.3) is 0 Å². The van der Waals surface area contributed by atoms with Crippen molar-refractivity contribution in [2.45, 2.75) is 6.42 Å². The highest BCUT2D eigenvalue weighted by Crippen LogP contribution is 2.53. The van der Waals surface area contributed by atoms with Crippen molar-refractivity contribution in [3.63, 3.8) is 0 Å². The maximum absolute atomic E-state index is 12.6. The summed E-state index contributed by atoms with van der Waals surface area (Å²) in [6, 6.07) is 6.00. The number of benzene rings is 1. The Bertz CT molecular complexity index is 639. The molecule has 6 heteroatoms. The zero-order chi connectivity index (χ0) is 14.7. The molecule has 1 aliphatic heterocycles. The van der Waals surface area contributed by atoms with Crippen LogP contribution in [0.3, 0.4) is 0 Å². The molecule has 1 heterocycles. The second-order valence-corrected chi connectivity index (χ2v) is 5.87. The van der Waals surface area contributed by atoms with E-state index in [4.69, 9.17) is 5.21 Å². The molecule has 1 aromatic carbocycles. The van der Waals surface area contributed by atoms with Gasteiger partial charge >= 0.3 is 0 Å². The van der Waals surface area contributed by atoms with Gasteiger partial charge in [0.2, 0.25) is 11.8 Å². The topological polar surface area (TPSA) is 85.1 Å². The maximum atomic E-state index is 12.6. The summed E-state index contributed by atoms with van der Waals surface area (Å²) in [7, 11) is 0. The van der Waals surface area contributed by atoms with Crippen molar-refractivity contribution < 1.29 is 20.0 Å². The Morgan fingerprint density at radius 2 is 1.76 bits per heavy atom. The molecular formula is C15H14N2O4. The zero-order valence-electron chi connectivity index (χ0n) is 11.1. The quantitative estimate of drug-likeness (QED) is 0.468. The first kappa shape index (κ1) is 12.7. The molecule has 2 aliphatic carbocycles. The molecular weight excluding hydrogens is 272 g/mol. The highest BCUT2D eigenvalue weighted by atomic mass is 16.8. The highest BCUT2D eigenvalue weighted by Gasteiger charge is 2.59. The van der Waals surface area contributed by atoms with E-state index in [-0.39, 0.29) is 41.2 Å². The molecule has 2 amide bonds. The van der Waals surface area contributed by atoms with Crippen LogP contribution in [0.4, 0.5) is 11.4 Å². The molecule has 1 saturated carbocycles. The smallest absolute Gasteiger partial charge is 0.238 e. The Morgan fingerprint density at radius 3 is 2.33 bits per heavy atom. The molecule has 2 bridgehead atoms. The van der Waals surface area contributed by atoms with Gasteiger partial charge in [-0.25, -0.2) is 10.1 Å². The van der Waals surface area contributed by atoms with E-state index in [0.717, 1.165) is 6.42 Å². The number of hydrogen-bond donors (Lipinski definition) is 2. The predicted octanol–water partition coefficient (Wildman–Crippen LogP) is 0.401. The van der Waals surface area contributed by atoms with E-state index in [1.807, 2.05) is 12.2 Å². The number of amides is 2. The predicted molar refractivity (Wildman–Crippen MR) is 72.4 cm³/mol. The Morgan fingerprint density at radius 1 is 1.14 bits per heavy atom. The molecule has 1 aromatic rings. The summed E-state index contributed by atoms with van der Waals surface area (Å²) < 4.78 is 0. The second kappa shape index (κ2) is 4.24. The minimum absolute atomic E-state index is 0.0752. The molecule has 0 radical (unpaired) electrons. The van der Waals surface area contributed by atoms with E-state index in [9.17, 15) is 14.8 Å². The fourth-order valence-corrected chi connectivity index (χ4v) is 3.93. The van der Waals surface area contributed by atoms with Gasteiger partial charge in [0, 0.05) is 12.1 Å². The molecule has 4 rings (SSSR count). The number of carbonyl (C=O) groups is 2. The summed E-state index contributed by atoms with van der Waals surface area (Å²) in [5, 5.41) is 19.0. The number of carbonyl (C=O) groups excluding carboxylic acids is 2. The number of allylic oxidation sites excluding steroid dienone is 2. The first-order valence-corrected chi connectivity index (χ1v) is 6.97. The SMILES string of the molecule is O=C1C2C3C=CC(C3)C2C(=O)N1c1cccc([NH+]([O-])O)c1. The monoisotopic (exact) mass is 286 g/mol. The van der Waals surface area contributed by atoms with Gasteiger partial charge in [0.1, 0.15) is 0 Å². The van der Waals surface area contributed by atoms with Gasteiger partial charge < -0.3 is 5.21 Å². The lowest BCUT2D eigenvalue weighted by Gasteiger charge is -2.19. The second-order valence-electron chi connectivity index (χ2n) is 5.87. The molecule has 0 spiro atoms. The van der Waals surface area contributed by atoms with Gasteiger partial charge in [-0.3, -0.25) is 9.59 Å². The maximum Gasteiger partial charge on any atom is 0.238 e. The van der Waals surface area contributed by atoms with E-state index >= 15 is 0 Å². The lowest BCUT2D eigenvalue weighted by Crippen LogP contribution is -2.99. The summed E-state index contributed by atoms with van der Waals surface area (Å²) in [5.41, 5.74) is 0.435. The number of nitrogens with zero attached hydrogens (tertiary/aromatic N) is 1. The Kier molecular flexibility index (Phi) is 2.56. The first-order chi connectivity index (χ1) is 10.1. The third-order valence-electron chi connectivity index (χ3n) is 4.82. The zero-order valence-corrected chi connectivity index (χ0v) is 11.1. The average molecular weight is 286 g/mol. The van der Waals surface area contributed by atoms with Crippen molar-refractivity contribution in [3.8, 4) is 0 Å². The van der Waals surface area contributed by atoms with Crippen molar-refractivity contribution >= 4 is 23.2 Å². The van der Waals surface area contributed by atoms with Crippen LogP contribution >= 0.6 is 0 Å². The van der Waals surface area contributed by atoms with Gasteiger partial charge in [0.05, 0.1) is 17.5 Å². The number of quaternary nitrogens is 1. The van der Waals surface area contributed by atoms with Crippen molar-refractivity contribution in [3.05, 3.63) is 41.6 Å². The van der Waals surface area contributed by atoms with E-state index in [1.165, 1.54) is 17.0 Å². The molecule has 3 aliphatic rings. The third kappa shape index (κ3) is 1.64. The van der Waals surface area contributed by atoms with Crippen molar-refractivity contribution in [1.82, 2.24) is 0 Å². The molecule has 5 atom stereocenters. The molecule has 1 saturated heterocycles. The van der Waals surface area contributed by atoms with Crippen LogP contribution < -0.4 is 10.1 Å². The summed E-state index contributed by atoms with van der Waals surface area (Å²) in [6.07, 6.45) is 4.96. The van der Waals surface area contributed by atoms with Crippen molar-refractivity contribution in [1.29, 1.82) is 0 Å². The normalized spacial score (nSPS) is 34.7. The number of anilines is 1. The first-order valence-electron chi connectivity index (χ1n) is 6.97. The number of hydrogen-bond acceptors (Lipinski definition) is 4. The lowest BCUT2D eigenvalue weighted by molar-refractivity contribution is -0.991. The number of rotatable bonds is 2. The number of fused-ring (bicyclic) bond motifs is 5. The molecule has 2 fully saturated rings. The van der Waals surface area contributed by atoms with Crippen LogP contribution in [-0.2, 0) is 9.59 Å². The van der Waals surface area contributed by atoms with E-state index in [2.05, 4.69) is 0 Å². The van der Waals surface area contributed by atoms with Crippen LogP contribution in [-0.4, -0.2) is 17.0 Å². The number of nitrogens with one attached hydrogen (secondary N) is 1. The minimum atomic E-state index is -1.07. The Balaban J connectivity index is 1.73. The van der Waals surface area contributed by atoms with Gasteiger partial charge in [0.15, 0.2) is 5.69 Å². The Labute approximate surface area is 120 Å². The van der Waals surface area contributed by atoms with Crippen LogP contribution in [0.2, 0.25) is 0 Å². The molecule has 6 nitrogen and oxygen atoms in total. The Hall–Kier alpha value is -2.02. The molecule has 0 aromatic heterocycles. The fraction of sp³-hybridized carbons (Fsp3) is 0.333. The van der Waals surface area contributed by atoms with Crippen LogP contribution in [0.1, 0.15) is 6.42 Å². The summed E-state index contributed by atoms with van der Waals surface area (Å²) in [6.45, 7) is 0. The summed E-state index contributed by atoms with van der Waals surface area (Å²) in [4.78, 5) is 26.4. The largest absolute Gasteiger partial charge is 0.595 e. The standard InChI is InChI=1S/C15H14N2O4/c18-14-12-8-4-5-9(6-8)13(12)15(19)16(14)10-2-1-3-11(7-10)17(20)21/h1-5,7-9,12-13,17,20H,6H2. The molecule has 2 N–H and O–H groups in total. The van der Waals surface area contributed by atoms with Crippen molar-refractivity contribution in [2.75, 3.05) is 4.90 Å². The van der Waals surface area contributed by atoms with Gasteiger partial charge in [-0.2, -0.15) is 5.23 Å². The van der Waals surface area contributed by atoms with Gasteiger partial charge in [-0.05, 0) is 24.3 Å². The highest BCUT2D eigenvalue weighted by molar-refractivity contribution is 6.22. The minimum Gasteiger partial charge on any atom is -0.595 e. The fourth-order valence-electron chi connectivity index (χ4n) is 3.93. The van der Waals surface area contributed by atoms with Crippen LogP contribution in [0.15, 0.2) is 36.4 Å². The van der Waals surface area contributed by atoms with E-state index in [1.54, 1.807) is 12.1 Å². The summed E-state index contributed by atoms with van der Waals surface area (Å²) in [5.74, 6) is -0.594. The average Bonchev–Trinajstić information content (AvgIpc) is 3.13. The molecule has 5 unspecified atom stereocenters. The molecule has 108 valence electrons. The van der Waals surface area contributed by atoms with Crippen LogP contribution in [0.25, 0.3) is 0 Å². The van der Waals surface area contributed by atoms with Gasteiger partial charge in [-0.15, -0.1) is 0 Å². The van der Waals surface area contributed by atoms with Crippen LogP contribution in [0.5, 0.6) is 0 Å². The van der Waals surface area contributed by atoms with E-state index in [0.29, 0.717) is 5.69 Å². The van der Waals surface area contributed by atoms with Gasteiger partial charge in [-0.1, -0.05) is 18.2 Å². The van der Waals surface area contributed by atoms with Crippen molar-refractivity contribution in [2.24, 2.45) is 23.7 Å².